The summed E-state index contributed by atoms with van der Waals surface area (Å²) in [6.45, 7) is 9.06. The Hall–Kier alpha value is -3.52. The number of fused-ring (bicyclic) bond motifs is 1. The number of carbonyl (C=O) groups is 1. The van der Waals surface area contributed by atoms with Gasteiger partial charge in [0.15, 0.2) is 5.16 Å². The number of aromatic amines is 1. The first-order chi connectivity index (χ1) is 16.1. The maximum Gasteiger partial charge on any atom is 0.234 e. The van der Waals surface area contributed by atoms with Crippen LogP contribution in [0.15, 0.2) is 66.3 Å². The van der Waals surface area contributed by atoms with Gasteiger partial charge in [0.1, 0.15) is 11.6 Å². The molecule has 4 aromatic rings. The molecule has 0 aliphatic heterocycles. The van der Waals surface area contributed by atoms with E-state index in [2.05, 4.69) is 46.1 Å². The summed E-state index contributed by atoms with van der Waals surface area (Å²) in [5, 5.41) is 13.6. The SMILES string of the molecule is C=CCn1c(Cc2c(C)[nH]c3ccccc23)nnc1SCC(=O)Nc1ccc(OCC)cc1. The Kier molecular flexibility index (Phi) is 7.14. The van der Waals surface area contributed by atoms with Gasteiger partial charge in [-0.25, -0.2) is 0 Å². The van der Waals surface area contributed by atoms with Gasteiger partial charge in [-0.2, -0.15) is 0 Å². The highest BCUT2D eigenvalue weighted by Gasteiger charge is 2.17. The summed E-state index contributed by atoms with van der Waals surface area (Å²) < 4.78 is 7.45. The maximum absolute atomic E-state index is 12.5. The molecule has 0 fully saturated rings. The second-order valence-electron chi connectivity index (χ2n) is 7.54. The van der Waals surface area contributed by atoms with Gasteiger partial charge in [0.05, 0.1) is 12.4 Å². The Morgan fingerprint density at radius 3 is 2.76 bits per heavy atom. The zero-order valence-corrected chi connectivity index (χ0v) is 19.6. The first kappa shape index (κ1) is 22.7. The normalized spacial score (nSPS) is 11.0. The minimum Gasteiger partial charge on any atom is -0.494 e. The Labute approximate surface area is 197 Å². The lowest BCUT2D eigenvalue weighted by atomic mass is 10.1. The molecule has 2 heterocycles. The van der Waals surface area contributed by atoms with Crippen molar-refractivity contribution in [3.05, 3.63) is 78.3 Å². The van der Waals surface area contributed by atoms with Crippen molar-refractivity contribution in [2.75, 3.05) is 17.7 Å². The molecule has 33 heavy (non-hydrogen) atoms. The predicted molar refractivity (Wildman–Crippen MR) is 133 cm³/mol. The number of aryl methyl sites for hydroxylation is 1. The zero-order chi connectivity index (χ0) is 23.2. The summed E-state index contributed by atoms with van der Waals surface area (Å²) >= 11 is 1.36. The van der Waals surface area contributed by atoms with Crippen LogP contribution in [-0.4, -0.2) is 38.0 Å². The Bertz CT molecular complexity index is 1260. The summed E-state index contributed by atoms with van der Waals surface area (Å²) in [6, 6.07) is 15.6. The van der Waals surface area contributed by atoms with Crippen LogP contribution >= 0.6 is 11.8 Å². The van der Waals surface area contributed by atoms with Crippen LogP contribution in [0.3, 0.4) is 0 Å². The number of hydrogen-bond donors (Lipinski definition) is 2. The Balaban J connectivity index is 1.44. The molecule has 1 amide bonds. The lowest BCUT2D eigenvalue weighted by Crippen LogP contribution is -2.14. The van der Waals surface area contributed by atoms with Gasteiger partial charge in [0.2, 0.25) is 5.91 Å². The molecule has 8 heteroatoms. The lowest BCUT2D eigenvalue weighted by Gasteiger charge is -2.09. The molecule has 0 unspecified atom stereocenters. The lowest BCUT2D eigenvalue weighted by molar-refractivity contribution is -0.113. The largest absolute Gasteiger partial charge is 0.494 e. The second-order valence-corrected chi connectivity index (χ2v) is 8.49. The number of ether oxygens (including phenoxy) is 1. The third-order valence-corrected chi connectivity index (χ3v) is 6.22. The van der Waals surface area contributed by atoms with Crippen LogP contribution in [-0.2, 0) is 17.8 Å². The monoisotopic (exact) mass is 461 g/mol. The quantitative estimate of drug-likeness (QED) is 0.257. The fourth-order valence-electron chi connectivity index (χ4n) is 3.72. The van der Waals surface area contributed by atoms with E-state index in [0.717, 1.165) is 28.5 Å². The van der Waals surface area contributed by atoms with E-state index in [4.69, 9.17) is 4.74 Å². The van der Waals surface area contributed by atoms with E-state index in [1.807, 2.05) is 54.0 Å². The molecule has 0 radical (unpaired) electrons. The summed E-state index contributed by atoms with van der Waals surface area (Å²) in [7, 11) is 0. The highest BCUT2D eigenvalue weighted by molar-refractivity contribution is 7.99. The number of nitrogens with zero attached hydrogens (tertiary/aromatic N) is 3. The molecule has 0 saturated carbocycles. The van der Waals surface area contributed by atoms with Crippen molar-refractivity contribution in [1.29, 1.82) is 0 Å². The van der Waals surface area contributed by atoms with Crippen molar-refractivity contribution < 1.29 is 9.53 Å². The number of nitrogens with one attached hydrogen (secondary N) is 2. The van der Waals surface area contributed by atoms with Crippen LogP contribution in [0.25, 0.3) is 10.9 Å². The van der Waals surface area contributed by atoms with Gasteiger partial charge >= 0.3 is 0 Å². The highest BCUT2D eigenvalue weighted by Crippen LogP contribution is 2.26. The average molecular weight is 462 g/mol. The number of para-hydroxylation sites is 1. The van der Waals surface area contributed by atoms with E-state index in [9.17, 15) is 4.79 Å². The van der Waals surface area contributed by atoms with Crippen LogP contribution in [0, 0.1) is 6.92 Å². The van der Waals surface area contributed by atoms with Crippen molar-refractivity contribution in [2.45, 2.75) is 32.0 Å². The Morgan fingerprint density at radius 1 is 1.21 bits per heavy atom. The van der Waals surface area contributed by atoms with Crippen molar-refractivity contribution in [2.24, 2.45) is 0 Å². The summed E-state index contributed by atoms with van der Waals surface area (Å²) in [4.78, 5) is 15.9. The third-order valence-electron chi connectivity index (χ3n) is 5.25. The van der Waals surface area contributed by atoms with Crippen LogP contribution < -0.4 is 10.1 Å². The molecule has 2 N–H and O–H groups in total. The van der Waals surface area contributed by atoms with Crippen LogP contribution in [0.4, 0.5) is 5.69 Å². The molecule has 0 spiro atoms. The summed E-state index contributed by atoms with van der Waals surface area (Å²) in [5.74, 6) is 1.75. The van der Waals surface area contributed by atoms with Gasteiger partial charge in [-0.15, -0.1) is 16.8 Å². The average Bonchev–Trinajstić information content (AvgIpc) is 3.34. The van der Waals surface area contributed by atoms with Gasteiger partial charge in [0.25, 0.3) is 0 Å². The maximum atomic E-state index is 12.5. The predicted octanol–water partition coefficient (Wildman–Crippen LogP) is 4.97. The number of anilines is 1. The smallest absolute Gasteiger partial charge is 0.234 e. The molecule has 0 aliphatic rings. The number of carbonyl (C=O) groups excluding carboxylic acids is 1. The molecular weight excluding hydrogens is 434 g/mol. The van der Waals surface area contributed by atoms with Crippen LogP contribution in [0.1, 0.15) is 24.0 Å². The van der Waals surface area contributed by atoms with E-state index in [-0.39, 0.29) is 11.7 Å². The molecule has 0 saturated heterocycles. The van der Waals surface area contributed by atoms with E-state index in [1.165, 1.54) is 22.7 Å². The number of hydrogen-bond acceptors (Lipinski definition) is 5. The second kappa shape index (κ2) is 10.4. The van der Waals surface area contributed by atoms with Gasteiger partial charge < -0.3 is 19.6 Å². The van der Waals surface area contributed by atoms with E-state index < -0.39 is 0 Å². The van der Waals surface area contributed by atoms with Crippen LogP contribution in [0.5, 0.6) is 5.75 Å². The van der Waals surface area contributed by atoms with Crippen molar-refractivity contribution in [3.63, 3.8) is 0 Å². The number of allylic oxidation sites excluding steroid dienone is 1. The van der Waals surface area contributed by atoms with E-state index >= 15 is 0 Å². The molecule has 2 aromatic carbocycles. The highest BCUT2D eigenvalue weighted by atomic mass is 32.2. The van der Waals surface area contributed by atoms with E-state index in [0.29, 0.717) is 24.7 Å². The summed E-state index contributed by atoms with van der Waals surface area (Å²) in [6.07, 6.45) is 2.47. The number of thioether (sulfide) groups is 1. The minimum atomic E-state index is -0.105. The first-order valence-corrected chi connectivity index (χ1v) is 11.8. The molecular formula is C25H27N5O2S. The third kappa shape index (κ3) is 5.28. The number of H-pyrrole nitrogens is 1. The van der Waals surface area contributed by atoms with Crippen molar-refractivity contribution >= 4 is 34.3 Å². The van der Waals surface area contributed by atoms with E-state index in [1.54, 1.807) is 0 Å². The molecule has 4 rings (SSSR count). The number of amides is 1. The Morgan fingerprint density at radius 2 is 2.00 bits per heavy atom. The van der Waals surface area contributed by atoms with Gasteiger partial charge in [-0.1, -0.05) is 36.0 Å². The number of benzene rings is 2. The number of rotatable bonds is 10. The van der Waals surface area contributed by atoms with Gasteiger partial charge in [-0.05, 0) is 49.7 Å². The molecule has 0 bridgehead atoms. The number of aromatic nitrogens is 4. The fraction of sp³-hybridized carbons (Fsp3) is 0.240. The van der Waals surface area contributed by atoms with Gasteiger partial charge in [-0.3, -0.25) is 4.79 Å². The zero-order valence-electron chi connectivity index (χ0n) is 18.8. The summed E-state index contributed by atoms with van der Waals surface area (Å²) in [5.41, 5.74) is 4.16. The molecule has 170 valence electrons. The topological polar surface area (TPSA) is 84.8 Å². The fourth-order valence-corrected chi connectivity index (χ4v) is 4.48. The minimum absolute atomic E-state index is 0.105. The van der Waals surface area contributed by atoms with Gasteiger partial charge in [0, 0.05) is 35.2 Å². The first-order valence-electron chi connectivity index (χ1n) is 10.8. The molecule has 0 atom stereocenters. The standard InChI is InChI=1S/C25H27N5O2S/c1-4-14-30-23(15-21-17(3)26-22-9-7-6-8-20(21)22)28-29-25(30)33-16-24(31)27-18-10-12-19(13-11-18)32-5-2/h4,6-13,26H,1,5,14-16H2,2-3H3,(H,27,31). The molecule has 0 aliphatic carbocycles. The van der Waals surface area contributed by atoms with Crippen molar-refractivity contribution in [1.82, 2.24) is 19.7 Å². The molecule has 7 nitrogen and oxygen atoms in total. The van der Waals surface area contributed by atoms with Crippen molar-refractivity contribution in [3.8, 4) is 5.75 Å². The molecule has 2 aromatic heterocycles. The van der Waals surface area contributed by atoms with Crippen LogP contribution in [0.2, 0.25) is 0 Å².